The molecule has 0 fully saturated rings. The summed E-state index contributed by atoms with van der Waals surface area (Å²) >= 11 is 1.13. The third kappa shape index (κ3) is 6.20. The maximum atomic E-state index is 12.0. The quantitative estimate of drug-likeness (QED) is 0.327. The number of thioether (sulfide) groups is 1. The minimum Gasteiger partial charge on any atom is -0.456 e. The highest BCUT2D eigenvalue weighted by Gasteiger charge is 2.25. The van der Waals surface area contributed by atoms with E-state index in [9.17, 15) is 24.0 Å². The molecule has 10 nitrogen and oxygen atoms in total. The number of hydrogen-bond acceptors (Lipinski definition) is 7. The van der Waals surface area contributed by atoms with Crippen molar-refractivity contribution < 1.29 is 23.9 Å². The number of carbonyl (C=O) groups is 4. The number of amidine groups is 1. The van der Waals surface area contributed by atoms with Crippen LogP contribution in [0, 0.1) is 6.92 Å². The fraction of sp³-hybridized carbons (Fsp3) is 0.500. The van der Waals surface area contributed by atoms with Gasteiger partial charge in [0.1, 0.15) is 5.69 Å². The van der Waals surface area contributed by atoms with Crippen molar-refractivity contribution in [1.29, 1.82) is 0 Å². The first-order valence-electron chi connectivity index (χ1n) is 8.33. The predicted molar refractivity (Wildman–Crippen MR) is 97.5 cm³/mol. The van der Waals surface area contributed by atoms with Gasteiger partial charge in [-0.2, -0.15) is 4.99 Å². The van der Waals surface area contributed by atoms with Gasteiger partial charge in [-0.1, -0.05) is 11.8 Å². The Kier molecular flexibility index (Phi) is 7.11. The average molecular weight is 396 g/mol. The molecule has 0 aromatic carbocycles. The molecule has 1 aliphatic rings. The van der Waals surface area contributed by atoms with E-state index in [1.165, 1.54) is 0 Å². The zero-order valence-corrected chi connectivity index (χ0v) is 15.7. The smallest absolute Gasteiger partial charge is 0.323 e. The molecular weight excluding hydrogens is 376 g/mol. The van der Waals surface area contributed by atoms with E-state index in [0.717, 1.165) is 11.8 Å². The van der Waals surface area contributed by atoms with Crippen LogP contribution in [0.2, 0.25) is 0 Å². The summed E-state index contributed by atoms with van der Waals surface area (Å²) in [5.41, 5.74) is 0.301. The summed E-state index contributed by atoms with van der Waals surface area (Å²) in [6, 6.07) is 0. The van der Waals surface area contributed by atoms with Crippen molar-refractivity contribution in [3.8, 4) is 0 Å². The van der Waals surface area contributed by atoms with Gasteiger partial charge in [0.05, 0.1) is 5.25 Å². The standard InChI is InChI=1S/C16H20N4O6S/c1-8-13(19-15(25)17-8)10(21)5-3-4-6-12(23)26-7-11(22)18-16-20-14(24)9(2)27-16/h9H,3-7H2,1-2H3,(H2,17,19,25)(H,18,20,22,24). The zero-order valence-electron chi connectivity index (χ0n) is 14.9. The van der Waals surface area contributed by atoms with Crippen LogP contribution in [0.5, 0.6) is 0 Å². The van der Waals surface area contributed by atoms with Crippen molar-refractivity contribution in [2.75, 3.05) is 6.61 Å². The van der Waals surface area contributed by atoms with Gasteiger partial charge in [-0.15, -0.1) is 0 Å². The molecule has 0 bridgehead atoms. The number of esters is 1. The van der Waals surface area contributed by atoms with Crippen LogP contribution in [0.3, 0.4) is 0 Å². The van der Waals surface area contributed by atoms with Crippen LogP contribution in [-0.4, -0.2) is 50.6 Å². The molecule has 3 N–H and O–H groups in total. The second kappa shape index (κ2) is 9.31. The molecule has 1 atom stereocenters. The van der Waals surface area contributed by atoms with Crippen LogP contribution in [0.1, 0.15) is 48.8 Å². The van der Waals surface area contributed by atoms with Crippen LogP contribution in [0.15, 0.2) is 9.79 Å². The fourth-order valence-electron chi connectivity index (χ4n) is 2.30. The molecule has 2 heterocycles. The third-order valence-corrected chi connectivity index (χ3v) is 4.66. The first-order chi connectivity index (χ1) is 12.8. The van der Waals surface area contributed by atoms with Gasteiger partial charge in [0.15, 0.2) is 17.6 Å². The summed E-state index contributed by atoms with van der Waals surface area (Å²) in [5, 5.41) is 2.27. The van der Waals surface area contributed by atoms with Crippen molar-refractivity contribution >= 4 is 40.5 Å². The number of nitrogens with zero attached hydrogens (tertiary/aromatic N) is 1. The Bertz CT molecular complexity index is 840. The van der Waals surface area contributed by atoms with Gasteiger partial charge in [-0.3, -0.25) is 19.2 Å². The van der Waals surface area contributed by atoms with Crippen molar-refractivity contribution in [3.63, 3.8) is 0 Å². The molecule has 0 saturated carbocycles. The van der Waals surface area contributed by atoms with Gasteiger partial charge in [0.2, 0.25) is 0 Å². The zero-order chi connectivity index (χ0) is 20.0. The Hall–Kier alpha value is -2.69. The Morgan fingerprint density at radius 1 is 1.19 bits per heavy atom. The minimum atomic E-state index is -0.571. The normalized spacial score (nSPS) is 16.1. The lowest BCUT2D eigenvalue weighted by Gasteiger charge is -2.06. The Labute approximate surface area is 158 Å². The van der Waals surface area contributed by atoms with E-state index in [2.05, 4.69) is 20.3 Å². The SMILES string of the molecule is Cc1[nH]c(=O)[nH]c1C(=O)CCCCC(=O)OCC(=O)NC1=NC(=O)C(C)S1. The molecular formula is C16H20N4O6S. The number of H-pyrrole nitrogens is 2. The van der Waals surface area contributed by atoms with Crippen LogP contribution in [-0.2, 0) is 19.1 Å². The lowest BCUT2D eigenvalue weighted by molar-refractivity contribution is -0.148. The third-order valence-electron chi connectivity index (χ3n) is 3.69. The minimum absolute atomic E-state index is 0.0639. The lowest BCUT2D eigenvalue weighted by Crippen LogP contribution is -2.32. The van der Waals surface area contributed by atoms with Gasteiger partial charge >= 0.3 is 11.7 Å². The molecule has 1 unspecified atom stereocenters. The van der Waals surface area contributed by atoms with Crippen molar-refractivity contribution in [3.05, 3.63) is 21.9 Å². The van der Waals surface area contributed by atoms with Gasteiger partial charge in [0.25, 0.3) is 11.8 Å². The summed E-state index contributed by atoms with van der Waals surface area (Å²) in [4.78, 5) is 66.2. The van der Waals surface area contributed by atoms with Crippen LogP contribution < -0.4 is 11.0 Å². The van der Waals surface area contributed by atoms with E-state index in [1.807, 2.05) is 0 Å². The topological polar surface area (TPSA) is 151 Å². The molecule has 0 radical (unpaired) electrons. The second-order valence-corrected chi connectivity index (χ2v) is 7.26. The summed E-state index contributed by atoms with van der Waals surface area (Å²) in [6.07, 6.45) is 1.11. The van der Waals surface area contributed by atoms with E-state index < -0.39 is 24.2 Å². The van der Waals surface area contributed by atoms with E-state index in [4.69, 9.17) is 4.74 Å². The van der Waals surface area contributed by atoms with Gasteiger partial charge in [-0.05, 0) is 26.7 Å². The second-order valence-electron chi connectivity index (χ2n) is 5.93. The maximum absolute atomic E-state index is 12.0. The number of ketones is 1. The maximum Gasteiger partial charge on any atom is 0.323 e. The van der Waals surface area contributed by atoms with Crippen LogP contribution >= 0.6 is 11.8 Å². The molecule has 2 rings (SSSR count). The Morgan fingerprint density at radius 2 is 1.89 bits per heavy atom. The van der Waals surface area contributed by atoms with Crippen molar-refractivity contribution in [1.82, 2.24) is 15.3 Å². The molecule has 0 spiro atoms. The number of hydrogen-bond donors (Lipinski definition) is 3. The highest BCUT2D eigenvalue weighted by atomic mass is 32.2. The number of aryl methyl sites for hydroxylation is 1. The molecule has 11 heteroatoms. The molecule has 1 aliphatic heterocycles. The fourth-order valence-corrected chi connectivity index (χ4v) is 3.10. The van der Waals surface area contributed by atoms with Crippen LogP contribution in [0.4, 0.5) is 0 Å². The molecule has 146 valence electrons. The number of ether oxygens (including phenoxy) is 1. The van der Waals surface area contributed by atoms with Gasteiger partial charge in [0, 0.05) is 18.5 Å². The van der Waals surface area contributed by atoms with Gasteiger partial charge in [-0.25, -0.2) is 4.79 Å². The number of carbonyl (C=O) groups excluding carboxylic acids is 4. The lowest BCUT2D eigenvalue weighted by atomic mass is 10.1. The van der Waals surface area contributed by atoms with Gasteiger partial charge < -0.3 is 20.0 Å². The summed E-state index contributed by atoms with van der Waals surface area (Å²) in [5.74, 6) is -1.66. The first-order valence-corrected chi connectivity index (χ1v) is 9.21. The number of aromatic amines is 2. The van der Waals surface area contributed by atoms with E-state index in [0.29, 0.717) is 18.5 Å². The number of amides is 2. The molecule has 0 saturated heterocycles. The number of unbranched alkanes of at least 4 members (excludes halogenated alkanes) is 1. The van der Waals surface area contributed by atoms with E-state index in [-0.39, 0.29) is 40.6 Å². The first kappa shape index (κ1) is 20.6. The average Bonchev–Trinajstić information content (AvgIpc) is 3.10. The number of aliphatic imine (C=N–C) groups is 1. The number of nitrogens with one attached hydrogen (secondary N) is 3. The molecule has 27 heavy (non-hydrogen) atoms. The summed E-state index contributed by atoms with van der Waals surface area (Å²) in [7, 11) is 0. The van der Waals surface area contributed by atoms with E-state index >= 15 is 0 Å². The molecule has 2 amide bonds. The largest absolute Gasteiger partial charge is 0.456 e. The Balaban J connectivity index is 1.61. The van der Waals surface area contributed by atoms with Crippen LogP contribution in [0.25, 0.3) is 0 Å². The number of rotatable bonds is 8. The molecule has 1 aromatic heterocycles. The highest BCUT2D eigenvalue weighted by Crippen LogP contribution is 2.19. The molecule has 0 aliphatic carbocycles. The number of aromatic nitrogens is 2. The summed E-state index contributed by atoms with van der Waals surface area (Å²) in [6.45, 7) is 2.83. The van der Waals surface area contributed by atoms with E-state index in [1.54, 1.807) is 13.8 Å². The summed E-state index contributed by atoms with van der Waals surface area (Å²) < 4.78 is 4.84. The predicted octanol–water partition coefficient (Wildman–Crippen LogP) is 0.432. The monoisotopic (exact) mass is 396 g/mol. The van der Waals surface area contributed by atoms with Crippen molar-refractivity contribution in [2.45, 2.75) is 44.8 Å². The Morgan fingerprint density at radius 3 is 2.48 bits per heavy atom. The number of imidazole rings is 1. The molecule has 1 aromatic rings. The number of Topliss-reactive ketones (excluding diaryl/α,β-unsaturated/α-hetero) is 1. The van der Waals surface area contributed by atoms with Crippen molar-refractivity contribution in [2.24, 2.45) is 4.99 Å². The highest BCUT2D eigenvalue weighted by molar-refractivity contribution is 8.15.